The van der Waals surface area contributed by atoms with Gasteiger partial charge in [0.15, 0.2) is 5.69 Å². The Labute approximate surface area is 125 Å². The van der Waals surface area contributed by atoms with Crippen LogP contribution in [-0.4, -0.2) is 46.0 Å². The highest BCUT2D eigenvalue weighted by molar-refractivity contribution is 5.92. The van der Waals surface area contributed by atoms with Crippen molar-refractivity contribution in [1.29, 1.82) is 0 Å². The second-order valence-corrected chi connectivity index (χ2v) is 4.58. The summed E-state index contributed by atoms with van der Waals surface area (Å²) in [7, 11) is 0. The van der Waals surface area contributed by atoms with Gasteiger partial charge in [0.1, 0.15) is 11.6 Å². The van der Waals surface area contributed by atoms with E-state index in [0.29, 0.717) is 31.9 Å². The number of anilines is 1. The molecule has 1 heterocycles. The van der Waals surface area contributed by atoms with Crippen LogP contribution in [0.3, 0.4) is 0 Å². The molecule has 7 nitrogen and oxygen atoms in total. The third-order valence-corrected chi connectivity index (χ3v) is 3.33. The molecule has 1 rings (SSSR count). The average molecular weight is 296 g/mol. The van der Waals surface area contributed by atoms with Crippen molar-refractivity contribution in [1.82, 2.24) is 14.5 Å². The number of aryl methyl sites for hydroxylation is 1. The Morgan fingerprint density at radius 3 is 2.43 bits per heavy atom. The molecule has 0 aromatic carbocycles. The quantitative estimate of drug-likeness (QED) is 0.764. The van der Waals surface area contributed by atoms with Crippen molar-refractivity contribution in [2.75, 3.05) is 25.4 Å². The van der Waals surface area contributed by atoms with Crippen LogP contribution in [0.15, 0.2) is 0 Å². The monoisotopic (exact) mass is 296 g/mol. The van der Waals surface area contributed by atoms with Gasteiger partial charge in [0.05, 0.1) is 6.61 Å². The van der Waals surface area contributed by atoms with Gasteiger partial charge in [-0.05, 0) is 27.7 Å². The molecule has 21 heavy (non-hydrogen) atoms. The number of nitrogens with zero attached hydrogens (tertiary/aromatic N) is 3. The van der Waals surface area contributed by atoms with Crippen molar-refractivity contribution in [2.45, 2.75) is 40.7 Å². The van der Waals surface area contributed by atoms with Crippen LogP contribution < -0.4 is 5.73 Å². The third kappa shape index (κ3) is 3.96. The van der Waals surface area contributed by atoms with E-state index in [-0.39, 0.29) is 24.0 Å². The molecule has 0 aliphatic heterocycles. The van der Waals surface area contributed by atoms with Crippen molar-refractivity contribution in [3.63, 3.8) is 0 Å². The van der Waals surface area contributed by atoms with E-state index < -0.39 is 5.97 Å². The number of nitrogens with two attached hydrogens (primary N) is 1. The number of aromatic nitrogens is 2. The Hall–Kier alpha value is -2.05. The molecule has 0 saturated carbocycles. The standard InChI is InChI=1S/C14H24N4O3/c1-5-17(6-2)11(19)8-9-18-10(4)16-12(13(18)15)14(20)21-7-3/h5-9,15H2,1-4H3. The predicted octanol–water partition coefficient (Wildman–Crippen LogP) is 1.21. The second-order valence-electron chi connectivity index (χ2n) is 4.58. The van der Waals surface area contributed by atoms with E-state index in [2.05, 4.69) is 4.98 Å². The van der Waals surface area contributed by atoms with Crippen molar-refractivity contribution >= 4 is 17.7 Å². The first-order valence-electron chi connectivity index (χ1n) is 7.23. The first-order chi connectivity index (χ1) is 9.96. The highest BCUT2D eigenvalue weighted by Crippen LogP contribution is 2.16. The largest absolute Gasteiger partial charge is 0.461 e. The van der Waals surface area contributed by atoms with Gasteiger partial charge in [-0.25, -0.2) is 9.78 Å². The molecule has 7 heteroatoms. The average Bonchev–Trinajstić information content (AvgIpc) is 2.73. The first-order valence-corrected chi connectivity index (χ1v) is 7.23. The zero-order valence-corrected chi connectivity index (χ0v) is 13.2. The molecule has 0 fully saturated rings. The van der Waals surface area contributed by atoms with Crippen LogP contribution in [0.25, 0.3) is 0 Å². The number of esters is 1. The molecule has 1 aromatic heterocycles. The maximum absolute atomic E-state index is 12.0. The maximum Gasteiger partial charge on any atom is 0.360 e. The highest BCUT2D eigenvalue weighted by atomic mass is 16.5. The predicted molar refractivity (Wildman–Crippen MR) is 79.9 cm³/mol. The minimum Gasteiger partial charge on any atom is -0.461 e. The Bertz CT molecular complexity index is 507. The lowest BCUT2D eigenvalue weighted by atomic mass is 10.3. The molecule has 0 spiro atoms. The van der Waals surface area contributed by atoms with Gasteiger partial charge in [0.25, 0.3) is 0 Å². The van der Waals surface area contributed by atoms with Gasteiger partial charge in [-0.15, -0.1) is 0 Å². The SMILES string of the molecule is CCOC(=O)c1nc(C)n(CCC(=O)N(CC)CC)c1N. The van der Waals surface area contributed by atoms with Gasteiger partial charge in [0, 0.05) is 26.1 Å². The number of hydrogen-bond donors (Lipinski definition) is 1. The summed E-state index contributed by atoms with van der Waals surface area (Å²) in [4.78, 5) is 29.6. The molecule has 1 amide bonds. The van der Waals surface area contributed by atoms with Crippen LogP contribution in [0.2, 0.25) is 0 Å². The lowest BCUT2D eigenvalue weighted by Gasteiger charge is -2.19. The Balaban J connectivity index is 2.81. The molecular formula is C14H24N4O3. The maximum atomic E-state index is 12.0. The number of imidazole rings is 1. The van der Waals surface area contributed by atoms with Crippen LogP contribution in [0.4, 0.5) is 5.82 Å². The van der Waals surface area contributed by atoms with Crippen molar-refractivity contribution < 1.29 is 14.3 Å². The molecule has 0 aliphatic rings. The number of ether oxygens (including phenoxy) is 1. The minimum atomic E-state index is -0.535. The number of rotatable bonds is 7. The summed E-state index contributed by atoms with van der Waals surface area (Å²) in [6.45, 7) is 9.39. The molecule has 1 aromatic rings. The lowest BCUT2D eigenvalue weighted by molar-refractivity contribution is -0.131. The van der Waals surface area contributed by atoms with Gasteiger partial charge < -0.3 is 19.9 Å². The summed E-state index contributed by atoms with van der Waals surface area (Å²) in [5.74, 6) is 0.373. The van der Waals surface area contributed by atoms with Gasteiger partial charge in [-0.2, -0.15) is 0 Å². The van der Waals surface area contributed by atoms with Gasteiger partial charge >= 0.3 is 5.97 Å². The van der Waals surface area contributed by atoms with Crippen molar-refractivity contribution in [2.24, 2.45) is 0 Å². The second kappa shape index (κ2) is 7.66. The van der Waals surface area contributed by atoms with Crippen LogP contribution in [0.1, 0.15) is 43.5 Å². The minimum absolute atomic E-state index is 0.0604. The zero-order valence-electron chi connectivity index (χ0n) is 13.2. The van der Waals surface area contributed by atoms with E-state index in [0.717, 1.165) is 0 Å². The normalized spacial score (nSPS) is 10.5. The topological polar surface area (TPSA) is 90.4 Å². The Morgan fingerprint density at radius 2 is 1.90 bits per heavy atom. The summed E-state index contributed by atoms with van der Waals surface area (Å²) < 4.78 is 6.58. The van der Waals surface area contributed by atoms with Crippen molar-refractivity contribution in [3.8, 4) is 0 Å². The number of amides is 1. The molecule has 0 radical (unpaired) electrons. The van der Waals surface area contributed by atoms with Crippen LogP contribution in [0, 0.1) is 6.92 Å². The van der Waals surface area contributed by atoms with E-state index in [1.807, 2.05) is 13.8 Å². The van der Waals surface area contributed by atoms with E-state index in [1.165, 1.54) is 0 Å². The smallest absolute Gasteiger partial charge is 0.360 e. The molecule has 0 aliphatic carbocycles. The van der Waals surface area contributed by atoms with Gasteiger partial charge in [0.2, 0.25) is 5.91 Å². The number of hydrogen-bond acceptors (Lipinski definition) is 5. The van der Waals surface area contributed by atoms with E-state index in [4.69, 9.17) is 10.5 Å². The van der Waals surface area contributed by atoms with Crippen molar-refractivity contribution in [3.05, 3.63) is 11.5 Å². The molecule has 0 atom stereocenters. The fourth-order valence-electron chi connectivity index (χ4n) is 2.16. The number of carbonyl (C=O) groups is 2. The molecule has 118 valence electrons. The summed E-state index contributed by atoms with van der Waals surface area (Å²) in [6, 6.07) is 0. The van der Waals surface area contributed by atoms with Gasteiger partial charge in [-0.1, -0.05) is 0 Å². The fourth-order valence-corrected chi connectivity index (χ4v) is 2.16. The highest BCUT2D eigenvalue weighted by Gasteiger charge is 2.20. The van der Waals surface area contributed by atoms with E-state index in [9.17, 15) is 9.59 Å². The summed E-state index contributed by atoms with van der Waals surface area (Å²) in [6.07, 6.45) is 0.325. The third-order valence-electron chi connectivity index (χ3n) is 3.33. The number of carbonyl (C=O) groups excluding carboxylic acids is 2. The lowest BCUT2D eigenvalue weighted by Crippen LogP contribution is -2.31. The molecule has 2 N–H and O–H groups in total. The zero-order chi connectivity index (χ0) is 16.0. The summed E-state index contributed by atoms with van der Waals surface area (Å²) in [5, 5.41) is 0. The molecule has 0 saturated heterocycles. The van der Waals surface area contributed by atoms with E-state index >= 15 is 0 Å². The van der Waals surface area contributed by atoms with Gasteiger partial charge in [-0.3, -0.25) is 4.79 Å². The van der Waals surface area contributed by atoms with Crippen LogP contribution >= 0.6 is 0 Å². The molecular weight excluding hydrogens is 272 g/mol. The summed E-state index contributed by atoms with van der Waals surface area (Å²) >= 11 is 0. The molecule has 0 unspecified atom stereocenters. The summed E-state index contributed by atoms with van der Waals surface area (Å²) in [5.41, 5.74) is 6.05. The Kier molecular flexibility index (Phi) is 6.20. The van der Waals surface area contributed by atoms with E-state index in [1.54, 1.807) is 23.3 Å². The van der Waals surface area contributed by atoms with Crippen LogP contribution in [-0.2, 0) is 16.1 Å². The first kappa shape index (κ1) is 17.0. The molecule has 0 bridgehead atoms. The van der Waals surface area contributed by atoms with Crippen LogP contribution in [0.5, 0.6) is 0 Å². The number of nitrogen functional groups attached to an aromatic ring is 1. The fraction of sp³-hybridized carbons (Fsp3) is 0.643. The Morgan fingerprint density at radius 1 is 1.29 bits per heavy atom.